The number of carbonyl (C=O) groups is 1. The SMILES string of the molecule is C[C@H]1NCCC[C@H]1CC(=O)OC(C)(C)C. The third-order valence-electron chi connectivity index (χ3n) is 2.77. The molecule has 0 aromatic heterocycles. The van der Waals surface area contributed by atoms with Gasteiger partial charge in [0.05, 0.1) is 0 Å². The summed E-state index contributed by atoms with van der Waals surface area (Å²) in [5.41, 5.74) is -0.359. The third kappa shape index (κ3) is 4.65. The van der Waals surface area contributed by atoms with Crippen molar-refractivity contribution in [1.29, 1.82) is 0 Å². The van der Waals surface area contributed by atoms with Crippen molar-refractivity contribution in [2.45, 2.75) is 58.6 Å². The lowest BCUT2D eigenvalue weighted by Crippen LogP contribution is -2.40. The fraction of sp³-hybridized carbons (Fsp3) is 0.917. The van der Waals surface area contributed by atoms with Gasteiger partial charge in [-0.2, -0.15) is 0 Å². The Morgan fingerprint density at radius 3 is 2.67 bits per heavy atom. The number of nitrogens with one attached hydrogen (secondary N) is 1. The van der Waals surface area contributed by atoms with Crippen LogP contribution in [0.3, 0.4) is 0 Å². The maximum absolute atomic E-state index is 11.6. The molecule has 0 aliphatic carbocycles. The first kappa shape index (κ1) is 12.5. The predicted molar refractivity (Wildman–Crippen MR) is 60.7 cm³/mol. The highest BCUT2D eigenvalue weighted by atomic mass is 16.6. The number of rotatable bonds is 2. The highest BCUT2D eigenvalue weighted by Gasteiger charge is 2.25. The van der Waals surface area contributed by atoms with Gasteiger partial charge in [-0.3, -0.25) is 4.79 Å². The molecule has 0 spiro atoms. The molecular weight excluding hydrogens is 190 g/mol. The van der Waals surface area contributed by atoms with E-state index in [9.17, 15) is 4.79 Å². The molecule has 1 fully saturated rings. The molecule has 15 heavy (non-hydrogen) atoms. The van der Waals surface area contributed by atoms with E-state index in [-0.39, 0.29) is 11.6 Å². The van der Waals surface area contributed by atoms with Crippen LogP contribution in [-0.2, 0) is 9.53 Å². The molecule has 1 heterocycles. The zero-order valence-corrected chi connectivity index (χ0v) is 10.3. The van der Waals surface area contributed by atoms with Crippen LogP contribution in [0.1, 0.15) is 47.0 Å². The van der Waals surface area contributed by atoms with Crippen molar-refractivity contribution < 1.29 is 9.53 Å². The molecule has 1 aliphatic rings. The van der Waals surface area contributed by atoms with Gasteiger partial charge in [-0.1, -0.05) is 0 Å². The molecule has 3 nitrogen and oxygen atoms in total. The summed E-state index contributed by atoms with van der Waals surface area (Å²) in [6, 6.07) is 0.436. The van der Waals surface area contributed by atoms with Crippen molar-refractivity contribution >= 4 is 5.97 Å². The summed E-state index contributed by atoms with van der Waals surface area (Å²) in [4.78, 5) is 11.6. The van der Waals surface area contributed by atoms with Gasteiger partial charge < -0.3 is 10.1 Å². The lowest BCUT2D eigenvalue weighted by Gasteiger charge is -2.30. The van der Waals surface area contributed by atoms with Crippen LogP contribution in [0.5, 0.6) is 0 Å². The van der Waals surface area contributed by atoms with E-state index < -0.39 is 0 Å². The van der Waals surface area contributed by atoms with E-state index in [0.29, 0.717) is 18.4 Å². The van der Waals surface area contributed by atoms with Crippen LogP contribution in [0.4, 0.5) is 0 Å². The number of esters is 1. The molecule has 0 aromatic rings. The molecular formula is C12H23NO2. The van der Waals surface area contributed by atoms with Crippen LogP contribution in [0.25, 0.3) is 0 Å². The molecule has 1 N–H and O–H groups in total. The third-order valence-corrected chi connectivity index (χ3v) is 2.77. The van der Waals surface area contributed by atoms with E-state index in [1.165, 1.54) is 0 Å². The van der Waals surface area contributed by atoms with E-state index in [4.69, 9.17) is 4.74 Å². The smallest absolute Gasteiger partial charge is 0.306 e. The standard InChI is InChI=1S/C12H23NO2/c1-9-10(6-5-7-13-9)8-11(14)15-12(2,3)4/h9-10,13H,5-8H2,1-4H3/t9-,10+/m1/s1. The van der Waals surface area contributed by atoms with Crippen molar-refractivity contribution in [3.63, 3.8) is 0 Å². The average molecular weight is 213 g/mol. The number of hydrogen-bond donors (Lipinski definition) is 1. The van der Waals surface area contributed by atoms with Crippen LogP contribution in [0, 0.1) is 5.92 Å². The summed E-state index contributed by atoms with van der Waals surface area (Å²) in [7, 11) is 0. The monoisotopic (exact) mass is 213 g/mol. The second-order valence-corrected chi connectivity index (χ2v) is 5.44. The minimum atomic E-state index is -0.359. The Hall–Kier alpha value is -0.570. The van der Waals surface area contributed by atoms with Crippen LogP contribution in [0.2, 0.25) is 0 Å². The maximum Gasteiger partial charge on any atom is 0.306 e. The number of carbonyl (C=O) groups excluding carboxylic acids is 1. The Bertz CT molecular complexity index is 220. The summed E-state index contributed by atoms with van der Waals surface area (Å²) in [5, 5.41) is 3.39. The van der Waals surface area contributed by atoms with Gasteiger partial charge in [-0.25, -0.2) is 0 Å². The van der Waals surface area contributed by atoms with Gasteiger partial charge in [0.1, 0.15) is 5.60 Å². The fourth-order valence-corrected chi connectivity index (χ4v) is 1.99. The lowest BCUT2D eigenvalue weighted by atomic mass is 9.89. The molecule has 0 radical (unpaired) electrons. The summed E-state index contributed by atoms with van der Waals surface area (Å²) < 4.78 is 5.32. The molecule has 0 unspecified atom stereocenters. The summed E-state index contributed by atoms with van der Waals surface area (Å²) in [6.45, 7) is 8.95. The van der Waals surface area contributed by atoms with Crippen molar-refractivity contribution in [3.05, 3.63) is 0 Å². The van der Waals surface area contributed by atoms with E-state index in [1.807, 2.05) is 20.8 Å². The molecule has 0 amide bonds. The van der Waals surface area contributed by atoms with Crippen molar-refractivity contribution in [3.8, 4) is 0 Å². The highest BCUT2D eigenvalue weighted by Crippen LogP contribution is 2.21. The molecule has 1 rings (SSSR count). The summed E-state index contributed by atoms with van der Waals surface area (Å²) in [6.07, 6.45) is 2.84. The van der Waals surface area contributed by atoms with E-state index >= 15 is 0 Å². The molecule has 1 aliphatic heterocycles. The Morgan fingerprint density at radius 2 is 2.13 bits per heavy atom. The Kier molecular flexibility index (Phi) is 4.14. The largest absolute Gasteiger partial charge is 0.460 e. The molecule has 88 valence electrons. The fourth-order valence-electron chi connectivity index (χ4n) is 1.99. The van der Waals surface area contributed by atoms with Gasteiger partial charge in [0.2, 0.25) is 0 Å². The first-order valence-corrected chi connectivity index (χ1v) is 5.84. The zero-order chi connectivity index (χ0) is 11.5. The molecule has 0 saturated carbocycles. The van der Waals surface area contributed by atoms with E-state index in [2.05, 4.69) is 12.2 Å². The quantitative estimate of drug-likeness (QED) is 0.714. The zero-order valence-electron chi connectivity index (χ0n) is 10.3. The Morgan fingerprint density at radius 1 is 1.47 bits per heavy atom. The van der Waals surface area contributed by atoms with Gasteiger partial charge >= 0.3 is 5.97 Å². The van der Waals surface area contributed by atoms with Crippen LogP contribution < -0.4 is 5.32 Å². The minimum absolute atomic E-state index is 0.0666. The van der Waals surface area contributed by atoms with Crippen molar-refractivity contribution in [2.75, 3.05) is 6.54 Å². The predicted octanol–water partition coefficient (Wildman–Crippen LogP) is 2.11. The molecule has 0 bridgehead atoms. The van der Waals surface area contributed by atoms with E-state index in [1.54, 1.807) is 0 Å². The van der Waals surface area contributed by atoms with Gasteiger partial charge in [-0.15, -0.1) is 0 Å². The minimum Gasteiger partial charge on any atom is -0.460 e. The first-order valence-electron chi connectivity index (χ1n) is 5.84. The molecule has 0 aromatic carbocycles. The highest BCUT2D eigenvalue weighted by molar-refractivity contribution is 5.70. The van der Waals surface area contributed by atoms with Crippen LogP contribution in [0.15, 0.2) is 0 Å². The summed E-state index contributed by atoms with van der Waals surface area (Å²) in [5.74, 6) is 0.372. The van der Waals surface area contributed by atoms with Gasteiger partial charge in [0, 0.05) is 12.5 Å². The normalized spacial score (nSPS) is 27.5. The second-order valence-electron chi connectivity index (χ2n) is 5.44. The lowest BCUT2D eigenvalue weighted by molar-refractivity contribution is -0.156. The van der Waals surface area contributed by atoms with E-state index in [0.717, 1.165) is 19.4 Å². The summed E-state index contributed by atoms with van der Waals surface area (Å²) >= 11 is 0. The molecule has 1 saturated heterocycles. The first-order chi connectivity index (χ1) is 6.88. The number of piperidine rings is 1. The average Bonchev–Trinajstić information content (AvgIpc) is 2.05. The van der Waals surface area contributed by atoms with Crippen LogP contribution >= 0.6 is 0 Å². The number of hydrogen-bond acceptors (Lipinski definition) is 3. The van der Waals surface area contributed by atoms with Gasteiger partial charge in [-0.05, 0) is 53.0 Å². The Balaban J connectivity index is 2.36. The van der Waals surface area contributed by atoms with Crippen molar-refractivity contribution in [1.82, 2.24) is 5.32 Å². The van der Waals surface area contributed by atoms with Gasteiger partial charge in [0.15, 0.2) is 0 Å². The second kappa shape index (κ2) is 4.97. The van der Waals surface area contributed by atoms with Crippen molar-refractivity contribution in [2.24, 2.45) is 5.92 Å². The molecule has 3 heteroatoms. The number of ether oxygens (including phenoxy) is 1. The maximum atomic E-state index is 11.6. The van der Waals surface area contributed by atoms with Crippen LogP contribution in [-0.4, -0.2) is 24.2 Å². The Labute approximate surface area is 92.6 Å². The van der Waals surface area contributed by atoms with Gasteiger partial charge in [0.25, 0.3) is 0 Å². The topological polar surface area (TPSA) is 38.3 Å². The molecule has 2 atom stereocenters.